The van der Waals surface area contributed by atoms with Gasteiger partial charge in [0.2, 0.25) is 11.8 Å². The van der Waals surface area contributed by atoms with E-state index >= 15 is 0 Å². The Morgan fingerprint density at radius 2 is 2.08 bits per heavy atom. The summed E-state index contributed by atoms with van der Waals surface area (Å²) in [5.74, 6) is 0.0574. The first-order valence-corrected chi connectivity index (χ1v) is 9.44. The largest absolute Gasteiger partial charge is 0.482 e. The van der Waals surface area contributed by atoms with Crippen LogP contribution in [0, 0.1) is 5.41 Å². The van der Waals surface area contributed by atoms with E-state index in [-0.39, 0.29) is 17.2 Å². The van der Waals surface area contributed by atoms with E-state index in [1.807, 2.05) is 20.8 Å². The van der Waals surface area contributed by atoms with Gasteiger partial charge in [0.15, 0.2) is 6.61 Å². The molecule has 1 fully saturated rings. The van der Waals surface area contributed by atoms with E-state index in [9.17, 15) is 14.4 Å². The second-order valence-corrected chi connectivity index (χ2v) is 8.32. The maximum Gasteiger partial charge on any atom is 0.341 e. The highest BCUT2D eigenvalue weighted by Crippen LogP contribution is 2.27. The number of nitrogens with zero attached hydrogens (tertiary/aromatic N) is 1. The molecule has 1 saturated heterocycles. The van der Waals surface area contributed by atoms with Gasteiger partial charge in [0.25, 0.3) is 0 Å². The van der Waals surface area contributed by atoms with E-state index in [1.54, 1.807) is 40.9 Å². The van der Waals surface area contributed by atoms with Crippen LogP contribution < -0.4 is 10.1 Å². The van der Waals surface area contributed by atoms with Crippen LogP contribution in [0.1, 0.15) is 27.2 Å². The van der Waals surface area contributed by atoms with Gasteiger partial charge in [0.1, 0.15) is 11.8 Å². The number of carbonyl (C=O) groups excluding carboxylic acids is 2. The summed E-state index contributed by atoms with van der Waals surface area (Å²) in [5, 5.41) is 11.4. The van der Waals surface area contributed by atoms with Crippen molar-refractivity contribution in [3.05, 3.63) is 24.3 Å². The summed E-state index contributed by atoms with van der Waals surface area (Å²) in [6.07, 6.45) is 0.385. The molecule has 1 unspecified atom stereocenters. The van der Waals surface area contributed by atoms with Gasteiger partial charge in [0, 0.05) is 23.9 Å². The van der Waals surface area contributed by atoms with E-state index in [0.29, 0.717) is 29.5 Å². The van der Waals surface area contributed by atoms with Crippen molar-refractivity contribution < 1.29 is 24.2 Å². The first-order chi connectivity index (χ1) is 12.2. The summed E-state index contributed by atoms with van der Waals surface area (Å²) >= 11 is 1.55. The molecule has 1 aromatic carbocycles. The average Bonchev–Trinajstić information content (AvgIpc) is 3.01. The molecule has 0 bridgehead atoms. The summed E-state index contributed by atoms with van der Waals surface area (Å²) in [6.45, 7) is 5.52. The Hall–Kier alpha value is -2.22. The van der Waals surface area contributed by atoms with Crippen LogP contribution in [0.2, 0.25) is 0 Å². The van der Waals surface area contributed by atoms with Crippen LogP contribution >= 0.6 is 11.8 Å². The minimum atomic E-state index is -1.07. The van der Waals surface area contributed by atoms with Gasteiger partial charge in [-0.05, 0) is 17.5 Å². The fourth-order valence-corrected chi connectivity index (χ4v) is 3.68. The van der Waals surface area contributed by atoms with Crippen LogP contribution in [0.15, 0.2) is 24.3 Å². The van der Waals surface area contributed by atoms with Crippen LogP contribution in [0.5, 0.6) is 5.75 Å². The fourth-order valence-electron chi connectivity index (χ4n) is 2.50. The van der Waals surface area contributed by atoms with E-state index < -0.39 is 18.6 Å². The molecule has 1 aliphatic rings. The molecule has 1 aliphatic heterocycles. The highest BCUT2D eigenvalue weighted by Gasteiger charge is 2.35. The molecular weight excluding hydrogens is 356 g/mol. The van der Waals surface area contributed by atoms with Crippen LogP contribution in [-0.2, 0) is 14.4 Å². The number of carboxylic acid groups (broad SMARTS) is 1. The standard InChI is InChI=1S/C18H24N2O5S/c1-18(2,3)8-15(21)20-11-26-10-14(20)17(24)19-12-5-4-6-13(7-12)25-9-16(22)23/h4-7,14H,8-11H2,1-3H3,(H,19,24)(H,22,23). The van der Waals surface area contributed by atoms with Crippen molar-refractivity contribution in [1.29, 1.82) is 0 Å². The van der Waals surface area contributed by atoms with Gasteiger partial charge >= 0.3 is 5.97 Å². The number of nitrogens with one attached hydrogen (secondary N) is 1. The van der Waals surface area contributed by atoms with Crippen molar-refractivity contribution in [2.45, 2.75) is 33.2 Å². The number of hydrogen-bond acceptors (Lipinski definition) is 5. The molecule has 1 atom stereocenters. The number of ether oxygens (including phenoxy) is 1. The lowest BCUT2D eigenvalue weighted by Gasteiger charge is -2.26. The molecule has 26 heavy (non-hydrogen) atoms. The number of thioether (sulfide) groups is 1. The quantitative estimate of drug-likeness (QED) is 0.787. The van der Waals surface area contributed by atoms with Gasteiger partial charge in [0.05, 0.1) is 5.88 Å². The molecule has 7 nitrogen and oxygen atoms in total. The SMILES string of the molecule is CC(C)(C)CC(=O)N1CSCC1C(=O)Nc1cccc(OCC(=O)O)c1. The van der Waals surface area contributed by atoms with Crippen molar-refractivity contribution in [1.82, 2.24) is 4.90 Å². The molecule has 0 spiro atoms. The monoisotopic (exact) mass is 380 g/mol. The van der Waals surface area contributed by atoms with Crippen LogP contribution in [0.4, 0.5) is 5.69 Å². The Labute approximate surface area is 157 Å². The summed E-state index contributed by atoms with van der Waals surface area (Å²) in [6, 6.07) is 6.01. The van der Waals surface area contributed by atoms with Gasteiger partial charge in [-0.15, -0.1) is 11.8 Å². The van der Waals surface area contributed by atoms with Crippen molar-refractivity contribution in [2.24, 2.45) is 5.41 Å². The maximum atomic E-state index is 12.6. The minimum absolute atomic E-state index is 0.0267. The third kappa shape index (κ3) is 5.94. The minimum Gasteiger partial charge on any atom is -0.482 e. The lowest BCUT2D eigenvalue weighted by Crippen LogP contribution is -2.45. The number of carboxylic acids is 1. The number of amides is 2. The zero-order chi connectivity index (χ0) is 19.3. The predicted molar refractivity (Wildman–Crippen MR) is 100 cm³/mol. The third-order valence-electron chi connectivity index (χ3n) is 3.65. The molecule has 2 N–H and O–H groups in total. The summed E-state index contributed by atoms with van der Waals surface area (Å²) in [5.41, 5.74) is 0.360. The van der Waals surface area contributed by atoms with Gasteiger partial charge in [-0.2, -0.15) is 0 Å². The molecule has 2 rings (SSSR count). The Morgan fingerprint density at radius 3 is 2.73 bits per heavy atom. The molecule has 0 aromatic heterocycles. The Kier molecular flexibility index (Phi) is 6.52. The van der Waals surface area contributed by atoms with E-state index in [2.05, 4.69) is 5.32 Å². The van der Waals surface area contributed by atoms with Crippen molar-refractivity contribution in [3.8, 4) is 5.75 Å². The van der Waals surface area contributed by atoms with Gasteiger partial charge in [-0.1, -0.05) is 26.8 Å². The number of rotatable bonds is 6. The number of anilines is 1. The van der Waals surface area contributed by atoms with E-state index in [1.165, 1.54) is 0 Å². The first kappa shape index (κ1) is 20.1. The molecular formula is C18H24N2O5S. The smallest absolute Gasteiger partial charge is 0.341 e. The number of benzene rings is 1. The van der Waals surface area contributed by atoms with Crippen molar-refractivity contribution >= 4 is 35.2 Å². The predicted octanol–water partition coefficient (Wildman–Crippen LogP) is 2.43. The molecule has 142 valence electrons. The fraction of sp³-hybridized carbons (Fsp3) is 0.500. The Balaban J connectivity index is 2.01. The second-order valence-electron chi connectivity index (χ2n) is 7.32. The maximum absolute atomic E-state index is 12.6. The van der Waals surface area contributed by atoms with E-state index in [0.717, 1.165) is 0 Å². The number of carbonyl (C=O) groups is 3. The second kappa shape index (κ2) is 8.44. The first-order valence-electron chi connectivity index (χ1n) is 8.28. The highest BCUT2D eigenvalue weighted by molar-refractivity contribution is 7.99. The summed E-state index contributed by atoms with van der Waals surface area (Å²) in [4.78, 5) is 37.3. The van der Waals surface area contributed by atoms with Crippen molar-refractivity contribution in [2.75, 3.05) is 23.6 Å². The summed E-state index contributed by atoms with van der Waals surface area (Å²) in [7, 11) is 0. The Morgan fingerprint density at radius 1 is 1.35 bits per heavy atom. The van der Waals surface area contributed by atoms with Gasteiger partial charge < -0.3 is 20.1 Å². The molecule has 0 radical (unpaired) electrons. The molecule has 2 amide bonds. The number of aliphatic carboxylic acids is 1. The highest BCUT2D eigenvalue weighted by atomic mass is 32.2. The molecule has 1 heterocycles. The Bertz CT molecular complexity index is 686. The van der Waals surface area contributed by atoms with Crippen molar-refractivity contribution in [3.63, 3.8) is 0 Å². The summed E-state index contributed by atoms with van der Waals surface area (Å²) < 4.78 is 5.11. The van der Waals surface area contributed by atoms with Gasteiger partial charge in [-0.25, -0.2) is 4.79 Å². The van der Waals surface area contributed by atoms with E-state index in [4.69, 9.17) is 9.84 Å². The third-order valence-corrected chi connectivity index (χ3v) is 4.66. The number of hydrogen-bond donors (Lipinski definition) is 2. The molecule has 0 aliphatic carbocycles. The average molecular weight is 380 g/mol. The zero-order valence-electron chi connectivity index (χ0n) is 15.2. The molecule has 0 saturated carbocycles. The van der Waals surface area contributed by atoms with Crippen LogP contribution in [0.25, 0.3) is 0 Å². The molecule has 8 heteroatoms. The van der Waals surface area contributed by atoms with Crippen LogP contribution in [0.3, 0.4) is 0 Å². The van der Waals surface area contributed by atoms with Gasteiger partial charge in [-0.3, -0.25) is 9.59 Å². The normalized spacial score (nSPS) is 17.0. The zero-order valence-corrected chi connectivity index (χ0v) is 16.0. The topological polar surface area (TPSA) is 95.9 Å². The lowest BCUT2D eigenvalue weighted by atomic mass is 9.91. The lowest BCUT2D eigenvalue weighted by molar-refractivity contribution is -0.139. The van der Waals surface area contributed by atoms with Crippen LogP contribution in [-0.4, -0.2) is 52.1 Å². The molecule has 1 aromatic rings.